The summed E-state index contributed by atoms with van der Waals surface area (Å²) in [5.41, 5.74) is 3.25. The molecule has 1 aromatic carbocycles. The van der Waals surface area contributed by atoms with Crippen LogP contribution in [-0.4, -0.2) is 5.97 Å². The summed E-state index contributed by atoms with van der Waals surface area (Å²) in [7, 11) is 0. The molecular formula is C31H42ClFO2. The van der Waals surface area contributed by atoms with E-state index in [1.54, 1.807) is 18.6 Å². The Labute approximate surface area is 217 Å². The van der Waals surface area contributed by atoms with Crippen molar-refractivity contribution >= 4 is 17.6 Å². The predicted molar refractivity (Wildman–Crippen MR) is 146 cm³/mol. The minimum atomic E-state index is -0.511. The van der Waals surface area contributed by atoms with E-state index in [1.165, 1.54) is 25.0 Å². The third kappa shape index (κ3) is 7.19. The Kier molecular flexibility index (Phi) is 10.2. The summed E-state index contributed by atoms with van der Waals surface area (Å²) in [6, 6.07) is 4.50. The zero-order valence-corrected chi connectivity index (χ0v) is 23.1. The van der Waals surface area contributed by atoms with Crippen LogP contribution in [0.1, 0.15) is 91.7 Å². The van der Waals surface area contributed by atoms with Crippen molar-refractivity contribution in [3.8, 4) is 0 Å². The molecule has 0 saturated heterocycles. The molecule has 0 aromatic heterocycles. The van der Waals surface area contributed by atoms with Crippen LogP contribution in [0, 0.1) is 22.1 Å². The van der Waals surface area contributed by atoms with Crippen LogP contribution in [0.4, 0.5) is 4.39 Å². The molecule has 2 nitrogen and oxygen atoms in total. The fraction of sp³-hybridized carbons (Fsp3) is 0.516. The minimum absolute atomic E-state index is 0.0568. The summed E-state index contributed by atoms with van der Waals surface area (Å²) in [4.78, 5) is 11.6. The average Bonchev–Trinajstić information content (AvgIpc) is 3.65. The molecule has 0 amide bonds. The van der Waals surface area contributed by atoms with Gasteiger partial charge in [-0.25, -0.2) is 4.39 Å². The summed E-state index contributed by atoms with van der Waals surface area (Å²) < 4.78 is 19.1. The number of carbonyl (C=O) groups is 1. The summed E-state index contributed by atoms with van der Waals surface area (Å²) in [6.07, 6.45) is 18.2. The highest BCUT2D eigenvalue weighted by atomic mass is 35.5. The Morgan fingerprint density at radius 1 is 1.31 bits per heavy atom. The second kappa shape index (κ2) is 12.2. The molecule has 2 aliphatic carbocycles. The van der Waals surface area contributed by atoms with Crippen molar-refractivity contribution in [2.75, 3.05) is 0 Å². The maximum Gasteiger partial charge on any atom is 0.306 e. The number of esters is 1. The van der Waals surface area contributed by atoms with Crippen LogP contribution in [0.25, 0.3) is 0 Å². The number of allylic oxidation sites excluding steroid dienone is 7. The lowest BCUT2D eigenvalue weighted by atomic mass is 9.80. The Morgan fingerprint density at radius 3 is 2.43 bits per heavy atom. The van der Waals surface area contributed by atoms with Gasteiger partial charge in [0.2, 0.25) is 0 Å². The van der Waals surface area contributed by atoms with Crippen molar-refractivity contribution in [1.29, 1.82) is 0 Å². The van der Waals surface area contributed by atoms with Crippen LogP contribution < -0.4 is 0 Å². The number of hydrogen-bond donors (Lipinski definition) is 0. The lowest BCUT2D eigenvalue weighted by Gasteiger charge is -2.29. The Morgan fingerprint density at radius 2 is 1.97 bits per heavy atom. The third-order valence-corrected chi connectivity index (χ3v) is 7.97. The highest BCUT2D eigenvalue weighted by molar-refractivity contribution is 6.30. The van der Waals surface area contributed by atoms with E-state index in [9.17, 15) is 9.18 Å². The predicted octanol–water partition coefficient (Wildman–Crippen LogP) is 9.72. The molecule has 1 aromatic rings. The Balaban J connectivity index is 0.000000266. The van der Waals surface area contributed by atoms with Gasteiger partial charge in [-0.3, -0.25) is 4.79 Å². The van der Waals surface area contributed by atoms with Gasteiger partial charge in [0.25, 0.3) is 0 Å². The fourth-order valence-electron chi connectivity index (χ4n) is 4.58. The van der Waals surface area contributed by atoms with E-state index in [0.29, 0.717) is 22.8 Å². The molecule has 0 bridgehead atoms. The summed E-state index contributed by atoms with van der Waals surface area (Å²) in [6.45, 7) is 16.4. The lowest BCUT2D eigenvalue weighted by Crippen LogP contribution is -2.20. The largest absolute Gasteiger partial charge is 0.457 e. The van der Waals surface area contributed by atoms with E-state index < -0.39 is 11.9 Å². The summed E-state index contributed by atoms with van der Waals surface area (Å²) >= 11 is 5.71. The maximum atomic E-state index is 13.7. The second-order valence-electron chi connectivity index (χ2n) is 10.4. The van der Waals surface area contributed by atoms with Crippen LogP contribution in [0.15, 0.2) is 66.8 Å². The molecule has 2 unspecified atom stereocenters. The number of fused-ring (bicyclic) bond motifs is 1. The van der Waals surface area contributed by atoms with Gasteiger partial charge in [-0.05, 0) is 73.1 Å². The number of ether oxygens (including phenoxy) is 1. The minimum Gasteiger partial charge on any atom is -0.457 e. The normalized spacial score (nSPS) is 25.3. The van der Waals surface area contributed by atoms with E-state index in [4.69, 9.17) is 16.3 Å². The Hall–Kier alpha value is -2.13. The van der Waals surface area contributed by atoms with Gasteiger partial charge >= 0.3 is 5.97 Å². The van der Waals surface area contributed by atoms with Crippen molar-refractivity contribution in [2.24, 2.45) is 16.2 Å². The van der Waals surface area contributed by atoms with Crippen LogP contribution in [0.2, 0.25) is 5.02 Å². The average molecular weight is 501 g/mol. The molecule has 3 rings (SSSR count). The van der Waals surface area contributed by atoms with Gasteiger partial charge in [-0.2, -0.15) is 0 Å². The zero-order chi connectivity index (χ0) is 26.3. The number of hydrogen-bond acceptors (Lipinski definition) is 2. The molecule has 0 spiro atoms. The first-order valence-electron chi connectivity index (χ1n) is 12.8. The van der Waals surface area contributed by atoms with Crippen LogP contribution >= 0.6 is 11.6 Å². The molecule has 2 saturated carbocycles. The molecule has 0 radical (unpaired) electrons. The molecule has 0 heterocycles. The number of halogens is 2. The molecule has 192 valence electrons. The maximum absolute atomic E-state index is 13.7. The van der Waals surface area contributed by atoms with Crippen molar-refractivity contribution in [3.63, 3.8) is 0 Å². The van der Waals surface area contributed by atoms with Gasteiger partial charge in [0.1, 0.15) is 11.9 Å². The molecule has 2 fully saturated rings. The number of carbonyl (C=O) groups excluding carboxylic acids is 1. The van der Waals surface area contributed by atoms with Gasteiger partial charge in [0.15, 0.2) is 0 Å². The quantitative estimate of drug-likeness (QED) is 0.172. The van der Waals surface area contributed by atoms with Gasteiger partial charge in [-0.15, -0.1) is 6.58 Å². The van der Waals surface area contributed by atoms with E-state index in [2.05, 4.69) is 57.7 Å². The van der Waals surface area contributed by atoms with Crippen LogP contribution in [0.5, 0.6) is 0 Å². The fourth-order valence-corrected chi connectivity index (χ4v) is 4.70. The lowest BCUT2D eigenvalue weighted by molar-refractivity contribution is -0.150. The monoisotopic (exact) mass is 500 g/mol. The van der Waals surface area contributed by atoms with E-state index >= 15 is 0 Å². The van der Waals surface area contributed by atoms with Crippen molar-refractivity contribution < 1.29 is 13.9 Å². The first-order valence-corrected chi connectivity index (χ1v) is 13.2. The van der Waals surface area contributed by atoms with Gasteiger partial charge in [0, 0.05) is 11.8 Å². The van der Waals surface area contributed by atoms with E-state index in [0.717, 1.165) is 12.8 Å². The topological polar surface area (TPSA) is 26.3 Å². The summed E-state index contributed by atoms with van der Waals surface area (Å²) in [5, 5.41) is 0.0568. The SMILES string of the molecule is C=CC(C)(CC)CC(OC(=O)CC)c1ccc(Cl)c(F)c1.C\C=C/C(=C\C=C\CC)C12CC1(C)C2. The molecular weight excluding hydrogens is 459 g/mol. The highest BCUT2D eigenvalue weighted by Gasteiger charge is 2.80. The van der Waals surface area contributed by atoms with Gasteiger partial charge in [0.05, 0.1) is 5.02 Å². The zero-order valence-electron chi connectivity index (χ0n) is 22.3. The number of benzene rings is 1. The van der Waals surface area contributed by atoms with Gasteiger partial charge in [-0.1, -0.05) is 88.7 Å². The standard InChI is InChI=1S/C17H22ClFO2.C14H20/c1-5-16(20)21-15(11-17(4,6-2)7-3)12-8-9-13(18)14(19)10-12;1-4-6-7-9-12(8-5-2)14-10-13(14,3)11-14/h6,8-10,15H,2,5,7,11H2,1,3-4H3;5-9H,4,10-11H2,1-3H3/b;7-6+,8-5-,12-9+. The van der Waals surface area contributed by atoms with Crippen LogP contribution in [-0.2, 0) is 9.53 Å². The van der Waals surface area contributed by atoms with E-state index in [-0.39, 0.29) is 22.8 Å². The van der Waals surface area contributed by atoms with E-state index in [1.807, 2.05) is 19.9 Å². The van der Waals surface area contributed by atoms with Gasteiger partial charge < -0.3 is 4.74 Å². The first-order chi connectivity index (χ1) is 16.5. The first kappa shape index (κ1) is 29.1. The van der Waals surface area contributed by atoms with Crippen molar-refractivity contribution in [3.05, 3.63) is 83.2 Å². The highest BCUT2D eigenvalue weighted by Crippen LogP contribution is 2.88. The summed E-state index contributed by atoms with van der Waals surface area (Å²) in [5.74, 6) is -0.818. The Bertz CT molecular complexity index is 984. The number of rotatable bonds is 11. The molecule has 2 atom stereocenters. The molecule has 2 aliphatic rings. The second-order valence-corrected chi connectivity index (χ2v) is 10.8. The van der Waals surface area contributed by atoms with Crippen molar-refractivity contribution in [2.45, 2.75) is 86.2 Å². The molecule has 4 heteroatoms. The molecule has 35 heavy (non-hydrogen) atoms. The van der Waals surface area contributed by atoms with Crippen molar-refractivity contribution in [1.82, 2.24) is 0 Å². The molecule has 0 N–H and O–H groups in total. The van der Waals surface area contributed by atoms with Crippen LogP contribution in [0.3, 0.4) is 0 Å². The molecule has 0 aliphatic heterocycles. The third-order valence-electron chi connectivity index (χ3n) is 7.67. The smallest absolute Gasteiger partial charge is 0.306 e.